The molecule has 0 spiro atoms. The maximum atomic E-state index is 13.3. The molecule has 0 aliphatic carbocycles. The number of nitriles is 1. The molecule has 0 saturated heterocycles. The molecule has 0 unspecified atom stereocenters. The van der Waals surface area contributed by atoms with Gasteiger partial charge in [0.25, 0.3) is 0 Å². The van der Waals surface area contributed by atoms with Gasteiger partial charge in [-0.15, -0.1) is 11.8 Å². The summed E-state index contributed by atoms with van der Waals surface area (Å²) in [6, 6.07) is 13.8. The Labute approximate surface area is 115 Å². The molecule has 0 radical (unpaired) electrons. The van der Waals surface area contributed by atoms with E-state index in [1.807, 2.05) is 30.3 Å². The molecule has 0 aliphatic heterocycles. The summed E-state index contributed by atoms with van der Waals surface area (Å²) < 4.78 is 13.3. The van der Waals surface area contributed by atoms with E-state index in [0.717, 1.165) is 16.0 Å². The molecule has 2 aromatic rings. The van der Waals surface area contributed by atoms with Gasteiger partial charge in [0.15, 0.2) is 0 Å². The van der Waals surface area contributed by atoms with Crippen molar-refractivity contribution in [2.24, 2.45) is 0 Å². The third-order valence-electron chi connectivity index (χ3n) is 2.57. The summed E-state index contributed by atoms with van der Waals surface area (Å²) >= 11 is 1.54. The molecule has 2 rings (SSSR count). The first kappa shape index (κ1) is 13.6. The van der Waals surface area contributed by atoms with Gasteiger partial charge in [0, 0.05) is 10.6 Å². The minimum atomic E-state index is -0.390. The summed E-state index contributed by atoms with van der Waals surface area (Å²) in [6.07, 6.45) is 0. The number of rotatable bonds is 4. The summed E-state index contributed by atoms with van der Waals surface area (Å²) in [5.74, 6) is 0.195. The van der Waals surface area contributed by atoms with Crippen LogP contribution in [-0.2, 0) is 12.4 Å². The molecular weight excluding hydrogens is 261 g/mol. The standard InChI is InChI=1S/C15H12FNOS/c16-14-5-12(8-17)4-13(6-14)10-19-15-3-1-2-11(7-15)9-18/h1-7,18H,9-10H2. The average Bonchev–Trinajstić information content (AvgIpc) is 2.44. The lowest BCUT2D eigenvalue weighted by Crippen LogP contribution is -1.87. The van der Waals surface area contributed by atoms with Crippen molar-refractivity contribution in [2.75, 3.05) is 0 Å². The number of halogens is 1. The maximum Gasteiger partial charge on any atom is 0.124 e. The zero-order valence-electron chi connectivity index (χ0n) is 10.1. The Bertz CT molecular complexity index is 622. The second-order valence-corrected chi connectivity index (χ2v) is 5.10. The van der Waals surface area contributed by atoms with Crippen LogP contribution in [0.25, 0.3) is 0 Å². The summed E-state index contributed by atoms with van der Waals surface area (Å²) in [7, 11) is 0. The highest BCUT2D eigenvalue weighted by Crippen LogP contribution is 2.24. The van der Waals surface area contributed by atoms with Crippen molar-refractivity contribution < 1.29 is 9.50 Å². The molecule has 0 atom stereocenters. The van der Waals surface area contributed by atoms with Crippen LogP contribution in [-0.4, -0.2) is 5.11 Å². The lowest BCUT2D eigenvalue weighted by molar-refractivity contribution is 0.281. The number of aliphatic hydroxyl groups is 1. The van der Waals surface area contributed by atoms with Crippen molar-refractivity contribution in [1.82, 2.24) is 0 Å². The van der Waals surface area contributed by atoms with Crippen LogP contribution in [0.1, 0.15) is 16.7 Å². The molecule has 0 bridgehead atoms. The fraction of sp³-hybridized carbons (Fsp3) is 0.133. The summed E-state index contributed by atoms with van der Waals surface area (Å²) in [6.45, 7) is 0.00689. The lowest BCUT2D eigenvalue weighted by atomic mass is 10.1. The van der Waals surface area contributed by atoms with Crippen LogP contribution in [0.5, 0.6) is 0 Å². The van der Waals surface area contributed by atoms with E-state index in [-0.39, 0.29) is 6.61 Å². The van der Waals surface area contributed by atoms with Crippen molar-refractivity contribution in [2.45, 2.75) is 17.3 Å². The van der Waals surface area contributed by atoms with Crippen molar-refractivity contribution >= 4 is 11.8 Å². The highest BCUT2D eigenvalue weighted by Gasteiger charge is 2.02. The Morgan fingerprint density at radius 3 is 2.74 bits per heavy atom. The predicted molar refractivity (Wildman–Crippen MR) is 73.0 cm³/mol. The molecule has 19 heavy (non-hydrogen) atoms. The normalized spacial score (nSPS) is 10.2. The molecule has 0 amide bonds. The second kappa shape index (κ2) is 6.37. The molecule has 0 aliphatic rings. The van der Waals surface area contributed by atoms with Gasteiger partial charge in [-0.05, 0) is 41.5 Å². The van der Waals surface area contributed by atoms with Gasteiger partial charge in [-0.1, -0.05) is 12.1 Å². The highest BCUT2D eigenvalue weighted by atomic mass is 32.2. The molecule has 0 aromatic heterocycles. The highest BCUT2D eigenvalue weighted by molar-refractivity contribution is 7.98. The van der Waals surface area contributed by atoms with E-state index in [9.17, 15) is 4.39 Å². The molecule has 1 N–H and O–H groups in total. The zero-order valence-corrected chi connectivity index (χ0v) is 11.0. The Hall–Kier alpha value is -1.83. The van der Waals surface area contributed by atoms with Crippen LogP contribution in [0.2, 0.25) is 0 Å². The van der Waals surface area contributed by atoms with E-state index in [1.165, 1.54) is 12.1 Å². The minimum absolute atomic E-state index is 0.00689. The largest absolute Gasteiger partial charge is 0.392 e. The molecule has 0 saturated carbocycles. The van der Waals surface area contributed by atoms with Crippen LogP contribution in [0.3, 0.4) is 0 Å². The Morgan fingerprint density at radius 2 is 2.00 bits per heavy atom. The number of thioether (sulfide) groups is 1. The smallest absolute Gasteiger partial charge is 0.124 e. The summed E-state index contributed by atoms with van der Waals surface area (Å²) in [4.78, 5) is 1.01. The van der Waals surface area contributed by atoms with E-state index in [4.69, 9.17) is 10.4 Å². The van der Waals surface area contributed by atoms with E-state index < -0.39 is 5.82 Å². The van der Waals surface area contributed by atoms with Crippen LogP contribution in [0, 0.1) is 17.1 Å². The number of hydrogen-bond donors (Lipinski definition) is 1. The monoisotopic (exact) mass is 273 g/mol. The molecule has 0 heterocycles. The van der Waals surface area contributed by atoms with E-state index >= 15 is 0 Å². The number of nitrogens with zero attached hydrogens (tertiary/aromatic N) is 1. The Balaban J connectivity index is 2.10. The molecule has 0 fully saturated rings. The van der Waals surface area contributed by atoms with Crippen LogP contribution in [0.15, 0.2) is 47.4 Å². The van der Waals surface area contributed by atoms with Gasteiger partial charge in [-0.3, -0.25) is 0 Å². The third-order valence-corrected chi connectivity index (χ3v) is 3.64. The van der Waals surface area contributed by atoms with E-state index in [2.05, 4.69) is 0 Å². The molecule has 2 nitrogen and oxygen atoms in total. The lowest BCUT2D eigenvalue weighted by Gasteiger charge is -2.04. The molecule has 96 valence electrons. The van der Waals surface area contributed by atoms with Gasteiger partial charge in [0.1, 0.15) is 5.82 Å². The first-order valence-electron chi connectivity index (χ1n) is 5.73. The average molecular weight is 273 g/mol. The topological polar surface area (TPSA) is 44.0 Å². The van der Waals surface area contributed by atoms with Gasteiger partial charge in [0.05, 0.1) is 18.2 Å². The predicted octanol–water partition coefficient (Wildman–Crippen LogP) is 3.48. The number of benzene rings is 2. The zero-order chi connectivity index (χ0) is 13.7. The minimum Gasteiger partial charge on any atom is -0.392 e. The number of hydrogen-bond acceptors (Lipinski definition) is 3. The maximum absolute atomic E-state index is 13.3. The van der Waals surface area contributed by atoms with Gasteiger partial charge in [0.2, 0.25) is 0 Å². The van der Waals surface area contributed by atoms with Crippen molar-refractivity contribution in [3.63, 3.8) is 0 Å². The first-order chi connectivity index (χ1) is 9.21. The second-order valence-electron chi connectivity index (χ2n) is 4.05. The van der Waals surface area contributed by atoms with Crippen molar-refractivity contribution in [3.05, 3.63) is 65.0 Å². The first-order valence-corrected chi connectivity index (χ1v) is 6.72. The number of aliphatic hydroxyl groups excluding tert-OH is 1. The van der Waals surface area contributed by atoms with Crippen molar-refractivity contribution in [3.8, 4) is 6.07 Å². The van der Waals surface area contributed by atoms with Gasteiger partial charge >= 0.3 is 0 Å². The van der Waals surface area contributed by atoms with Crippen LogP contribution >= 0.6 is 11.8 Å². The van der Waals surface area contributed by atoms with E-state index in [0.29, 0.717) is 11.3 Å². The molecular formula is C15H12FNOS. The third kappa shape index (κ3) is 3.82. The fourth-order valence-electron chi connectivity index (χ4n) is 1.70. The van der Waals surface area contributed by atoms with Crippen LogP contribution < -0.4 is 0 Å². The quantitative estimate of drug-likeness (QED) is 0.867. The molecule has 4 heteroatoms. The summed E-state index contributed by atoms with van der Waals surface area (Å²) in [5.41, 5.74) is 1.96. The van der Waals surface area contributed by atoms with Crippen LogP contribution in [0.4, 0.5) is 4.39 Å². The molecule has 2 aromatic carbocycles. The summed E-state index contributed by atoms with van der Waals surface area (Å²) in [5, 5.41) is 17.8. The Morgan fingerprint density at radius 1 is 1.16 bits per heavy atom. The Kier molecular flexibility index (Phi) is 4.56. The van der Waals surface area contributed by atoms with Gasteiger partial charge in [-0.2, -0.15) is 5.26 Å². The van der Waals surface area contributed by atoms with E-state index in [1.54, 1.807) is 17.8 Å². The van der Waals surface area contributed by atoms with Crippen molar-refractivity contribution in [1.29, 1.82) is 5.26 Å². The SMILES string of the molecule is N#Cc1cc(F)cc(CSc2cccc(CO)c2)c1. The van der Waals surface area contributed by atoms with Gasteiger partial charge < -0.3 is 5.11 Å². The fourth-order valence-corrected chi connectivity index (χ4v) is 2.61. The van der Waals surface area contributed by atoms with Gasteiger partial charge in [-0.25, -0.2) is 4.39 Å².